The summed E-state index contributed by atoms with van der Waals surface area (Å²) in [5.41, 5.74) is 0.0790. The number of thioether (sulfide) groups is 1. The molecular formula is C12H13F2N3OS2. The molecule has 2 rings (SSSR count). The summed E-state index contributed by atoms with van der Waals surface area (Å²) in [6.07, 6.45) is -1.02. The zero-order valence-electron chi connectivity index (χ0n) is 10.6. The summed E-state index contributed by atoms with van der Waals surface area (Å²) in [6.45, 7) is 2.71. The van der Waals surface area contributed by atoms with Crippen LogP contribution in [0.3, 0.4) is 0 Å². The molecule has 0 radical (unpaired) electrons. The lowest BCUT2D eigenvalue weighted by molar-refractivity contribution is 0.198. The van der Waals surface area contributed by atoms with Gasteiger partial charge in [-0.3, -0.25) is 0 Å². The average molecular weight is 317 g/mol. The van der Waals surface area contributed by atoms with Gasteiger partial charge in [0.05, 0.1) is 6.10 Å². The van der Waals surface area contributed by atoms with Gasteiger partial charge < -0.3 is 10.4 Å². The van der Waals surface area contributed by atoms with Crippen molar-refractivity contribution in [1.82, 2.24) is 10.2 Å². The monoisotopic (exact) mass is 317 g/mol. The number of aliphatic hydroxyl groups is 1. The normalized spacial score (nSPS) is 12.4. The van der Waals surface area contributed by atoms with E-state index in [2.05, 4.69) is 15.5 Å². The molecule has 2 aromatic rings. The van der Waals surface area contributed by atoms with E-state index in [0.717, 1.165) is 18.7 Å². The molecule has 1 aromatic carbocycles. The number of nitrogens with zero attached hydrogens (tertiary/aromatic N) is 2. The van der Waals surface area contributed by atoms with Crippen molar-refractivity contribution in [2.45, 2.75) is 17.4 Å². The molecule has 1 aromatic heterocycles. The second kappa shape index (κ2) is 6.96. The number of rotatable bonds is 6. The largest absolute Gasteiger partial charge is 0.387 e. The molecule has 0 amide bonds. The predicted octanol–water partition coefficient (Wildman–Crippen LogP) is 3.07. The summed E-state index contributed by atoms with van der Waals surface area (Å²) in [4.78, 5) is 0. The third-order valence-corrected chi connectivity index (χ3v) is 4.51. The van der Waals surface area contributed by atoms with Gasteiger partial charge >= 0.3 is 0 Å². The van der Waals surface area contributed by atoms with Gasteiger partial charge in [0.2, 0.25) is 5.13 Å². The molecule has 0 saturated carbocycles. The van der Waals surface area contributed by atoms with Crippen LogP contribution in [0.15, 0.2) is 22.5 Å². The Bertz CT molecular complexity index is 580. The second-order valence-electron chi connectivity index (χ2n) is 3.90. The van der Waals surface area contributed by atoms with Crippen LogP contribution in [0.4, 0.5) is 13.9 Å². The fourth-order valence-corrected chi connectivity index (χ4v) is 3.30. The lowest BCUT2D eigenvalue weighted by atomic mass is 10.1. The highest BCUT2D eigenvalue weighted by molar-refractivity contribution is 8.01. The highest BCUT2D eigenvalue weighted by atomic mass is 32.2. The summed E-state index contributed by atoms with van der Waals surface area (Å²) >= 11 is 2.64. The fourth-order valence-electron chi connectivity index (χ4n) is 1.50. The highest BCUT2D eigenvalue weighted by Gasteiger charge is 2.15. The lowest BCUT2D eigenvalue weighted by Crippen LogP contribution is -2.03. The van der Waals surface area contributed by atoms with Gasteiger partial charge in [0, 0.05) is 23.9 Å². The molecule has 20 heavy (non-hydrogen) atoms. The van der Waals surface area contributed by atoms with E-state index in [4.69, 9.17) is 0 Å². The van der Waals surface area contributed by atoms with E-state index in [1.54, 1.807) is 0 Å². The smallest absolute Gasteiger partial charge is 0.206 e. The summed E-state index contributed by atoms with van der Waals surface area (Å²) in [5, 5.41) is 21.5. The van der Waals surface area contributed by atoms with Crippen molar-refractivity contribution < 1.29 is 13.9 Å². The third kappa shape index (κ3) is 3.87. The van der Waals surface area contributed by atoms with Crippen molar-refractivity contribution >= 4 is 28.2 Å². The summed E-state index contributed by atoms with van der Waals surface area (Å²) < 4.78 is 27.0. The highest BCUT2D eigenvalue weighted by Crippen LogP contribution is 2.29. The van der Waals surface area contributed by atoms with E-state index in [-0.39, 0.29) is 11.3 Å². The van der Waals surface area contributed by atoms with Crippen LogP contribution in [-0.2, 0) is 0 Å². The maximum Gasteiger partial charge on any atom is 0.206 e. The molecule has 108 valence electrons. The average Bonchev–Trinajstić information content (AvgIpc) is 2.84. The minimum absolute atomic E-state index is 0.0790. The van der Waals surface area contributed by atoms with Crippen molar-refractivity contribution in [3.8, 4) is 0 Å². The minimum Gasteiger partial charge on any atom is -0.387 e. The summed E-state index contributed by atoms with van der Waals surface area (Å²) in [6, 6.07) is 3.14. The van der Waals surface area contributed by atoms with Crippen molar-refractivity contribution in [2.75, 3.05) is 17.6 Å². The summed E-state index contributed by atoms with van der Waals surface area (Å²) in [7, 11) is 0. The molecule has 0 aliphatic heterocycles. The Labute approximate surface area is 123 Å². The maximum absolute atomic E-state index is 13.5. The fraction of sp³-hybridized carbons (Fsp3) is 0.333. The van der Waals surface area contributed by atoms with Crippen LogP contribution in [0.2, 0.25) is 0 Å². The minimum atomic E-state index is -1.02. The van der Waals surface area contributed by atoms with Gasteiger partial charge in [-0.15, -0.1) is 10.2 Å². The van der Waals surface area contributed by atoms with Gasteiger partial charge in [-0.2, -0.15) is 0 Å². The molecule has 8 heteroatoms. The SMILES string of the molecule is CCNc1nnc(SC[C@H](O)c2ccc(F)cc2F)s1. The van der Waals surface area contributed by atoms with Gasteiger partial charge in [-0.05, 0) is 13.0 Å². The number of hydrogen-bond donors (Lipinski definition) is 2. The first-order valence-corrected chi connectivity index (χ1v) is 7.73. The number of aliphatic hydroxyl groups excluding tert-OH is 1. The Hall–Kier alpha value is -1.25. The Morgan fingerprint density at radius 2 is 2.20 bits per heavy atom. The van der Waals surface area contributed by atoms with Crippen molar-refractivity contribution in [1.29, 1.82) is 0 Å². The Kier molecular flexibility index (Phi) is 5.27. The molecule has 0 aliphatic rings. The van der Waals surface area contributed by atoms with E-state index >= 15 is 0 Å². The van der Waals surface area contributed by atoms with Crippen LogP contribution < -0.4 is 5.32 Å². The molecule has 1 atom stereocenters. The summed E-state index contributed by atoms with van der Waals surface area (Å²) in [5.74, 6) is -1.18. The number of aromatic nitrogens is 2. The van der Waals surface area contributed by atoms with Crippen molar-refractivity contribution in [3.63, 3.8) is 0 Å². The molecule has 0 bridgehead atoms. The number of nitrogens with one attached hydrogen (secondary N) is 1. The van der Waals surface area contributed by atoms with E-state index in [1.807, 2.05) is 6.92 Å². The first-order chi connectivity index (χ1) is 9.60. The number of anilines is 1. The lowest BCUT2D eigenvalue weighted by Gasteiger charge is -2.10. The van der Waals surface area contributed by atoms with Crippen LogP contribution in [0.25, 0.3) is 0 Å². The Morgan fingerprint density at radius 1 is 1.40 bits per heavy atom. The van der Waals surface area contributed by atoms with Gasteiger partial charge in [-0.25, -0.2) is 8.78 Å². The molecular weight excluding hydrogens is 304 g/mol. The number of benzene rings is 1. The first kappa shape index (κ1) is 15.1. The Balaban J connectivity index is 1.95. The Morgan fingerprint density at radius 3 is 2.90 bits per heavy atom. The third-order valence-electron chi connectivity index (χ3n) is 2.42. The molecule has 0 aliphatic carbocycles. The van der Waals surface area contributed by atoms with Gasteiger partial charge in [0.25, 0.3) is 0 Å². The number of halogens is 2. The van der Waals surface area contributed by atoms with Crippen LogP contribution >= 0.6 is 23.1 Å². The van der Waals surface area contributed by atoms with E-state index in [1.165, 1.54) is 29.2 Å². The van der Waals surface area contributed by atoms with Crippen LogP contribution in [0, 0.1) is 11.6 Å². The second-order valence-corrected chi connectivity index (χ2v) is 6.14. The van der Waals surface area contributed by atoms with Crippen LogP contribution in [0.5, 0.6) is 0 Å². The molecule has 1 heterocycles. The quantitative estimate of drug-likeness (QED) is 0.802. The molecule has 0 fully saturated rings. The molecule has 0 spiro atoms. The van der Waals surface area contributed by atoms with Crippen molar-refractivity contribution in [3.05, 3.63) is 35.4 Å². The molecule has 0 saturated heterocycles. The first-order valence-electron chi connectivity index (χ1n) is 5.93. The topological polar surface area (TPSA) is 58.0 Å². The van der Waals surface area contributed by atoms with Crippen LogP contribution in [-0.4, -0.2) is 27.6 Å². The number of hydrogen-bond acceptors (Lipinski definition) is 6. The van der Waals surface area contributed by atoms with Crippen LogP contribution in [0.1, 0.15) is 18.6 Å². The van der Waals surface area contributed by atoms with Gasteiger partial charge in [0.1, 0.15) is 11.6 Å². The van der Waals surface area contributed by atoms with E-state index in [9.17, 15) is 13.9 Å². The molecule has 2 N–H and O–H groups in total. The maximum atomic E-state index is 13.5. The van der Waals surface area contributed by atoms with Crippen molar-refractivity contribution in [2.24, 2.45) is 0 Å². The molecule has 4 nitrogen and oxygen atoms in total. The van der Waals surface area contributed by atoms with Gasteiger partial charge in [-0.1, -0.05) is 29.2 Å². The predicted molar refractivity (Wildman–Crippen MR) is 76.1 cm³/mol. The zero-order chi connectivity index (χ0) is 14.5. The zero-order valence-corrected chi connectivity index (χ0v) is 12.3. The molecule has 0 unspecified atom stereocenters. The van der Waals surface area contributed by atoms with Gasteiger partial charge in [0.15, 0.2) is 4.34 Å². The standard InChI is InChI=1S/C12H13F2N3OS2/c1-2-15-11-16-17-12(20-11)19-6-10(18)8-4-3-7(13)5-9(8)14/h3-5,10,18H,2,6H2,1H3,(H,15,16)/t10-/m0/s1. The van der Waals surface area contributed by atoms with E-state index in [0.29, 0.717) is 9.47 Å². The van der Waals surface area contributed by atoms with E-state index < -0.39 is 17.7 Å².